The van der Waals surface area contributed by atoms with Gasteiger partial charge in [-0.25, -0.2) is 0 Å². The quantitative estimate of drug-likeness (QED) is 0.728. The van der Waals surface area contributed by atoms with Gasteiger partial charge in [-0.15, -0.1) is 0 Å². The van der Waals surface area contributed by atoms with Crippen molar-refractivity contribution in [1.82, 2.24) is 9.88 Å². The zero-order chi connectivity index (χ0) is 9.80. The Hall–Kier alpha value is -0.890. The lowest BCUT2D eigenvalue weighted by Crippen LogP contribution is -2.25. The number of hydrogen-bond donors (Lipinski definition) is 0. The van der Waals surface area contributed by atoms with Gasteiger partial charge in [0.05, 0.1) is 0 Å². The van der Waals surface area contributed by atoms with E-state index in [9.17, 15) is 0 Å². The number of nitrogens with zero attached hydrogens (tertiary/aromatic N) is 2. The lowest BCUT2D eigenvalue weighted by Gasteiger charge is -2.26. The first kappa shape index (κ1) is 9.66. The van der Waals surface area contributed by atoms with Gasteiger partial charge in [0.15, 0.2) is 0 Å². The molecule has 1 aromatic rings. The Kier molecular flexibility index (Phi) is 3.14. The van der Waals surface area contributed by atoms with Crippen LogP contribution in [0, 0.1) is 0 Å². The zero-order valence-corrected chi connectivity index (χ0v) is 8.82. The minimum atomic E-state index is 0.589. The van der Waals surface area contributed by atoms with E-state index >= 15 is 0 Å². The molecule has 2 heterocycles. The van der Waals surface area contributed by atoms with Crippen LogP contribution in [0.15, 0.2) is 24.5 Å². The van der Waals surface area contributed by atoms with Crippen molar-refractivity contribution in [3.8, 4) is 0 Å². The Morgan fingerprint density at radius 3 is 2.79 bits per heavy atom. The number of pyridine rings is 1. The standard InChI is InChI=1S/C12H18N2/c1-2-12(14-8-3-4-9-14)11-6-5-7-13-10-11/h5-7,10,12H,2-4,8-9H2,1H3. The third kappa shape index (κ3) is 1.95. The first-order valence-corrected chi connectivity index (χ1v) is 5.56. The first-order valence-electron chi connectivity index (χ1n) is 5.56. The fourth-order valence-electron chi connectivity index (χ4n) is 2.33. The molecule has 2 rings (SSSR count). The van der Waals surface area contributed by atoms with E-state index in [-0.39, 0.29) is 0 Å². The summed E-state index contributed by atoms with van der Waals surface area (Å²) in [6, 6.07) is 4.82. The van der Waals surface area contributed by atoms with Crippen LogP contribution < -0.4 is 0 Å². The maximum absolute atomic E-state index is 4.20. The van der Waals surface area contributed by atoms with Gasteiger partial charge in [-0.1, -0.05) is 13.0 Å². The molecule has 0 amide bonds. The predicted molar refractivity (Wildman–Crippen MR) is 58.1 cm³/mol. The van der Waals surface area contributed by atoms with Gasteiger partial charge in [0.1, 0.15) is 0 Å². The van der Waals surface area contributed by atoms with Crippen molar-refractivity contribution >= 4 is 0 Å². The van der Waals surface area contributed by atoms with Crippen LogP contribution in [0.2, 0.25) is 0 Å². The number of aromatic nitrogens is 1. The molecular weight excluding hydrogens is 172 g/mol. The third-order valence-corrected chi connectivity index (χ3v) is 3.04. The Bertz CT molecular complexity index is 265. The van der Waals surface area contributed by atoms with Crippen LogP contribution in [-0.2, 0) is 0 Å². The molecule has 14 heavy (non-hydrogen) atoms. The molecule has 0 aliphatic carbocycles. The Labute approximate surface area is 86.0 Å². The van der Waals surface area contributed by atoms with E-state index in [0.717, 1.165) is 0 Å². The summed E-state index contributed by atoms with van der Waals surface area (Å²) in [6.07, 6.45) is 7.76. The average Bonchev–Trinajstić information content (AvgIpc) is 2.74. The van der Waals surface area contributed by atoms with Crippen LogP contribution in [0.1, 0.15) is 37.8 Å². The Morgan fingerprint density at radius 2 is 2.21 bits per heavy atom. The Morgan fingerprint density at radius 1 is 1.43 bits per heavy atom. The summed E-state index contributed by atoms with van der Waals surface area (Å²) in [5.74, 6) is 0. The fourth-order valence-corrected chi connectivity index (χ4v) is 2.33. The molecule has 76 valence electrons. The van der Waals surface area contributed by atoms with E-state index < -0.39 is 0 Å². The fraction of sp³-hybridized carbons (Fsp3) is 0.583. The molecule has 1 fully saturated rings. The van der Waals surface area contributed by atoms with Gasteiger partial charge in [-0.2, -0.15) is 0 Å². The van der Waals surface area contributed by atoms with Crippen LogP contribution in [-0.4, -0.2) is 23.0 Å². The van der Waals surface area contributed by atoms with Gasteiger partial charge in [0.2, 0.25) is 0 Å². The van der Waals surface area contributed by atoms with E-state index in [2.05, 4.69) is 22.9 Å². The summed E-state index contributed by atoms with van der Waals surface area (Å²) in [4.78, 5) is 6.78. The molecule has 1 aliphatic rings. The molecule has 2 heteroatoms. The van der Waals surface area contributed by atoms with Crippen molar-refractivity contribution in [3.05, 3.63) is 30.1 Å². The second-order valence-corrected chi connectivity index (χ2v) is 3.95. The van der Waals surface area contributed by atoms with E-state index in [1.54, 1.807) is 0 Å². The largest absolute Gasteiger partial charge is 0.296 e. The van der Waals surface area contributed by atoms with E-state index in [0.29, 0.717) is 6.04 Å². The van der Waals surface area contributed by atoms with Crippen LogP contribution in [0.4, 0.5) is 0 Å². The van der Waals surface area contributed by atoms with Crippen LogP contribution in [0.3, 0.4) is 0 Å². The molecule has 1 unspecified atom stereocenters. The zero-order valence-electron chi connectivity index (χ0n) is 8.82. The molecular formula is C12H18N2. The van der Waals surface area contributed by atoms with Gasteiger partial charge in [-0.05, 0) is 44.0 Å². The van der Waals surface area contributed by atoms with E-state index in [1.165, 1.54) is 37.9 Å². The van der Waals surface area contributed by atoms with Gasteiger partial charge in [0, 0.05) is 18.4 Å². The molecule has 1 aliphatic heterocycles. The number of likely N-dealkylation sites (tertiary alicyclic amines) is 1. The average molecular weight is 190 g/mol. The Balaban J connectivity index is 2.12. The maximum Gasteiger partial charge on any atom is 0.0360 e. The van der Waals surface area contributed by atoms with E-state index in [4.69, 9.17) is 0 Å². The molecule has 2 nitrogen and oxygen atoms in total. The highest BCUT2D eigenvalue weighted by atomic mass is 15.2. The molecule has 0 spiro atoms. The third-order valence-electron chi connectivity index (χ3n) is 3.04. The normalized spacial score (nSPS) is 19.8. The van der Waals surface area contributed by atoms with Crippen LogP contribution in [0.25, 0.3) is 0 Å². The molecule has 0 aromatic carbocycles. The highest BCUT2D eigenvalue weighted by Crippen LogP contribution is 2.26. The van der Waals surface area contributed by atoms with Crippen molar-refractivity contribution in [1.29, 1.82) is 0 Å². The highest BCUT2D eigenvalue weighted by molar-refractivity contribution is 5.14. The molecule has 0 radical (unpaired) electrons. The minimum Gasteiger partial charge on any atom is -0.296 e. The lowest BCUT2D eigenvalue weighted by atomic mass is 10.1. The lowest BCUT2D eigenvalue weighted by molar-refractivity contribution is 0.239. The van der Waals surface area contributed by atoms with Crippen molar-refractivity contribution in [2.24, 2.45) is 0 Å². The van der Waals surface area contributed by atoms with Crippen LogP contribution in [0.5, 0.6) is 0 Å². The minimum absolute atomic E-state index is 0.589. The maximum atomic E-state index is 4.20. The predicted octanol–water partition coefficient (Wildman–Crippen LogP) is 2.63. The monoisotopic (exact) mass is 190 g/mol. The van der Waals surface area contributed by atoms with Crippen molar-refractivity contribution in [2.75, 3.05) is 13.1 Å². The van der Waals surface area contributed by atoms with Gasteiger partial charge in [-0.3, -0.25) is 9.88 Å². The summed E-state index contributed by atoms with van der Waals surface area (Å²) in [5, 5.41) is 0. The molecule has 0 bridgehead atoms. The van der Waals surface area contributed by atoms with Crippen LogP contribution >= 0.6 is 0 Å². The van der Waals surface area contributed by atoms with Gasteiger partial charge in [0.25, 0.3) is 0 Å². The SMILES string of the molecule is CCC(c1cccnc1)N1CCCC1. The molecule has 1 saturated heterocycles. The summed E-state index contributed by atoms with van der Waals surface area (Å²) in [7, 11) is 0. The van der Waals surface area contributed by atoms with Crippen molar-refractivity contribution in [3.63, 3.8) is 0 Å². The number of hydrogen-bond acceptors (Lipinski definition) is 2. The second kappa shape index (κ2) is 4.56. The summed E-state index contributed by atoms with van der Waals surface area (Å²) >= 11 is 0. The van der Waals surface area contributed by atoms with Gasteiger partial charge < -0.3 is 0 Å². The molecule has 0 saturated carbocycles. The van der Waals surface area contributed by atoms with Crippen molar-refractivity contribution < 1.29 is 0 Å². The smallest absolute Gasteiger partial charge is 0.0360 e. The topological polar surface area (TPSA) is 16.1 Å². The summed E-state index contributed by atoms with van der Waals surface area (Å²) < 4.78 is 0. The van der Waals surface area contributed by atoms with Gasteiger partial charge >= 0.3 is 0 Å². The van der Waals surface area contributed by atoms with E-state index in [1.807, 2.05) is 18.5 Å². The number of rotatable bonds is 3. The highest BCUT2D eigenvalue weighted by Gasteiger charge is 2.21. The summed E-state index contributed by atoms with van der Waals surface area (Å²) in [5.41, 5.74) is 1.37. The molecule has 0 N–H and O–H groups in total. The molecule has 1 aromatic heterocycles. The van der Waals surface area contributed by atoms with Crippen molar-refractivity contribution in [2.45, 2.75) is 32.2 Å². The summed E-state index contributed by atoms with van der Waals surface area (Å²) in [6.45, 7) is 4.77. The molecule has 1 atom stereocenters. The second-order valence-electron chi connectivity index (χ2n) is 3.95. The first-order chi connectivity index (χ1) is 6.92.